The highest BCUT2D eigenvalue weighted by Crippen LogP contribution is 2.29. The van der Waals surface area contributed by atoms with E-state index in [2.05, 4.69) is 27.0 Å². The molecule has 0 saturated heterocycles. The number of thiazole rings is 1. The van der Waals surface area contributed by atoms with Gasteiger partial charge in [0, 0.05) is 11.5 Å². The molecule has 1 aromatic heterocycles. The van der Waals surface area contributed by atoms with Gasteiger partial charge in [0.15, 0.2) is 0 Å². The summed E-state index contributed by atoms with van der Waals surface area (Å²) in [4.78, 5) is 18.9. The van der Waals surface area contributed by atoms with Crippen LogP contribution in [-0.4, -0.2) is 22.8 Å². The van der Waals surface area contributed by atoms with Crippen molar-refractivity contribution in [2.24, 2.45) is 0 Å². The summed E-state index contributed by atoms with van der Waals surface area (Å²) in [5.41, 5.74) is 2.01. The molecular formula is C18H17BrN2OS. The second-order valence-electron chi connectivity index (χ2n) is 5.50. The van der Waals surface area contributed by atoms with Gasteiger partial charge in [0.05, 0.1) is 22.7 Å². The second-order valence-corrected chi connectivity index (χ2v) is 7.48. The average Bonchev–Trinajstić information content (AvgIpc) is 2.99. The number of hydrogen-bond acceptors (Lipinski definition) is 3. The molecule has 0 spiro atoms. The van der Waals surface area contributed by atoms with Gasteiger partial charge in [-0.1, -0.05) is 40.2 Å². The highest BCUT2D eigenvalue weighted by atomic mass is 79.9. The highest BCUT2D eigenvalue weighted by molar-refractivity contribution is 9.10. The SMILES string of the molecule is C[C@@H](c1nc2ccccc2s1)N(C)C(=O)Cc1ccc(Br)cc1. The summed E-state index contributed by atoms with van der Waals surface area (Å²) in [6.45, 7) is 2.02. The van der Waals surface area contributed by atoms with Crippen LogP contribution < -0.4 is 0 Å². The molecular weight excluding hydrogens is 372 g/mol. The number of nitrogens with zero attached hydrogens (tertiary/aromatic N) is 2. The van der Waals surface area contributed by atoms with Crippen molar-refractivity contribution in [3.63, 3.8) is 0 Å². The van der Waals surface area contributed by atoms with Crippen molar-refractivity contribution in [2.45, 2.75) is 19.4 Å². The first kappa shape index (κ1) is 16.1. The fourth-order valence-corrected chi connectivity index (χ4v) is 3.68. The molecule has 0 saturated carbocycles. The number of amides is 1. The Bertz CT molecular complexity index is 795. The molecule has 3 rings (SSSR count). The molecule has 0 bridgehead atoms. The van der Waals surface area contributed by atoms with Gasteiger partial charge in [0.1, 0.15) is 5.01 Å². The largest absolute Gasteiger partial charge is 0.336 e. The molecule has 0 aliphatic carbocycles. The zero-order chi connectivity index (χ0) is 16.4. The minimum absolute atomic E-state index is 0.0321. The van der Waals surface area contributed by atoms with Crippen LogP contribution in [0, 0.1) is 0 Å². The summed E-state index contributed by atoms with van der Waals surface area (Å²) >= 11 is 5.06. The van der Waals surface area contributed by atoms with E-state index in [4.69, 9.17) is 0 Å². The van der Waals surface area contributed by atoms with Gasteiger partial charge in [0.2, 0.25) is 5.91 Å². The van der Waals surface area contributed by atoms with Crippen LogP contribution in [0.1, 0.15) is 23.5 Å². The lowest BCUT2D eigenvalue weighted by molar-refractivity contribution is -0.131. The number of carbonyl (C=O) groups excluding carboxylic acids is 1. The van der Waals surface area contributed by atoms with Gasteiger partial charge < -0.3 is 4.90 Å². The maximum absolute atomic E-state index is 12.5. The van der Waals surface area contributed by atoms with E-state index in [1.165, 1.54) is 0 Å². The van der Waals surface area contributed by atoms with Gasteiger partial charge in [-0.05, 0) is 36.8 Å². The molecule has 0 unspecified atom stereocenters. The third kappa shape index (κ3) is 3.62. The van der Waals surface area contributed by atoms with Gasteiger partial charge in [-0.15, -0.1) is 11.3 Å². The molecule has 2 aromatic carbocycles. The van der Waals surface area contributed by atoms with E-state index >= 15 is 0 Å². The molecule has 1 amide bonds. The van der Waals surface area contributed by atoms with Gasteiger partial charge in [-0.3, -0.25) is 4.79 Å². The molecule has 1 atom stereocenters. The maximum atomic E-state index is 12.5. The van der Waals surface area contributed by atoms with Crippen LogP contribution in [0.5, 0.6) is 0 Å². The first-order chi connectivity index (χ1) is 11.0. The monoisotopic (exact) mass is 388 g/mol. The van der Waals surface area contributed by atoms with E-state index in [9.17, 15) is 4.79 Å². The lowest BCUT2D eigenvalue weighted by atomic mass is 10.1. The predicted molar refractivity (Wildman–Crippen MR) is 98.7 cm³/mol. The summed E-state index contributed by atoms with van der Waals surface area (Å²) in [7, 11) is 1.85. The number of para-hydroxylation sites is 1. The Hall–Kier alpha value is -1.72. The van der Waals surface area contributed by atoms with Gasteiger partial charge in [0.25, 0.3) is 0 Å². The fourth-order valence-electron chi connectivity index (χ4n) is 2.35. The van der Waals surface area contributed by atoms with Gasteiger partial charge in [-0.2, -0.15) is 0 Å². The van der Waals surface area contributed by atoms with Crippen molar-refractivity contribution in [1.82, 2.24) is 9.88 Å². The summed E-state index contributed by atoms with van der Waals surface area (Å²) < 4.78 is 2.17. The molecule has 0 aliphatic heterocycles. The summed E-state index contributed by atoms with van der Waals surface area (Å²) in [6, 6.07) is 15.9. The smallest absolute Gasteiger partial charge is 0.227 e. The topological polar surface area (TPSA) is 33.2 Å². The molecule has 0 N–H and O–H groups in total. The van der Waals surface area contributed by atoms with Crippen LogP contribution in [0.25, 0.3) is 10.2 Å². The number of aromatic nitrogens is 1. The van der Waals surface area contributed by atoms with Crippen LogP contribution in [0.15, 0.2) is 53.0 Å². The molecule has 0 radical (unpaired) electrons. The van der Waals surface area contributed by atoms with Crippen LogP contribution in [0.4, 0.5) is 0 Å². The number of carbonyl (C=O) groups is 1. The second kappa shape index (κ2) is 6.81. The number of fused-ring (bicyclic) bond motifs is 1. The van der Waals surface area contributed by atoms with Gasteiger partial charge in [-0.25, -0.2) is 4.98 Å². The third-order valence-corrected chi connectivity index (χ3v) is 5.65. The van der Waals surface area contributed by atoms with E-state index in [0.29, 0.717) is 6.42 Å². The number of rotatable bonds is 4. The lowest BCUT2D eigenvalue weighted by Gasteiger charge is -2.23. The Labute approximate surface area is 148 Å². The fraction of sp³-hybridized carbons (Fsp3) is 0.222. The molecule has 3 nitrogen and oxygen atoms in total. The average molecular weight is 389 g/mol. The van der Waals surface area contributed by atoms with E-state index in [0.717, 1.165) is 25.3 Å². The molecule has 23 heavy (non-hydrogen) atoms. The third-order valence-electron chi connectivity index (χ3n) is 3.91. The Morgan fingerprint density at radius 3 is 2.61 bits per heavy atom. The molecule has 0 fully saturated rings. The number of likely N-dealkylation sites (N-methyl/N-ethyl adjacent to an activating group) is 1. The molecule has 118 valence electrons. The standard InChI is InChI=1S/C18H17BrN2OS/c1-12(18-20-15-5-3-4-6-16(15)23-18)21(2)17(22)11-13-7-9-14(19)10-8-13/h3-10,12H,11H2,1-2H3/t12-/m0/s1. The minimum Gasteiger partial charge on any atom is -0.336 e. The zero-order valence-corrected chi connectivity index (χ0v) is 15.4. The number of hydrogen-bond donors (Lipinski definition) is 0. The van der Waals surface area contributed by atoms with Crippen molar-refractivity contribution in [3.8, 4) is 0 Å². The number of benzene rings is 2. The van der Waals surface area contributed by atoms with Crippen LogP contribution in [-0.2, 0) is 11.2 Å². The summed E-state index contributed by atoms with van der Waals surface area (Å²) in [6.07, 6.45) is 0.402. The molecule has 1 heterocycles. The number of halogens is 1. The lowest BCUT2D eigenvalue weighted by Crippen LogP contribution is -2.30. The first-order valence-corrected chi connectivity index (χ1v) is 9.01. The Morgan fingerprint density at radius 2 is 1.91 bits per heavy atom. The Morgan fingerprint density at radius 1 is 1.22 bits per heavy atom. The highest BCUT2D eigenvalue weighted by Gasteiger charge is 2.20. The Balaban J connectivity index is 1.74. The zero-order valence-electron chi connectivity index (χ0n) is 13.0. The molecule has 3 aromatic rings. The minimum atomic E-state index is -0.0321. The Kier molecular flexibility index (Phi) is 4.78. The van der Waals surface area contributed by atoms with Crippen molar-refractivity contribution in [1.29, 1.82) is 0 Å². The van der Waals surface area contributed by atoms with Gasteiger partial charge >= 0.3 is 0 Å². The first-order valence-electron chi connectivity index (χ1n) is 7.40. The van der Waals surface area contributed by atoms with Crippen LogP contribution >= 0.6 is 27.3 Å². The van der Waals surface area contributed by atoms with Crippen LogP contribution in [0.3, 0.4) is 0 Å². The van der Waals surface area contributed by atoms with Crippen molar-refractivity contribution >= 4 is 43.4 Å². The normalized spacial score (nSPS) is 12.3. The molecule has 0 aliphatic rings. The van der Waals surface area contributed by atoms with E-state index < -0.39 is 0 Å². The van der Waals surface area contributed by atoms with E-state index in [1.807, 2.05) is 56.4 Å². The van der Waals surface area contributed by atoms with Crippen molar-refractivity contribution < 1.29 is 4.79 Å². The maximum Gasteiger partial charge on any atom is 0.227 e. The summed E-state index contributed by atoms with van der Waals surface area (Å²) in [5, 5.41) is 0.970. The van der Waals surface area contributed by atoms with E-state index in [1.54, 1.807) is 16.2 Å². The van der Waals surface area contributed by atoms with Crippen molar-refractivity contribution in [3.05, 3.63) is 63.6 Å². The van der Waals surface area contributed by atoms with Crippen LogP contribution in [0.2, 0.25) is 0 Å². The summed E-state index contributed by atoms with van der Waals surface area (Å²) in [5.74, 6) is 0.0964. The molecule has 5 heteroatoms. The van der Waals surface area contributed by atoms with E-state index in [-0.39, 0.29) is 11.9 Å². The predicted octanol–water partition coefficient (Wildman–Crippen LogP) is 4.82. The van der Waals surface area contributed by atoms with Crippen molar-refractivity contribution in [2.75, 3.05) is 7.05 Å². The quantitative estimate of drug-likeness (QED) is 0.641.